The van der Waals surface area contributed by atoms with Gasteiger partial charge in [-0.25, -0.2) is 0 Å². The number of alkyl halides is 3. The molecule has 1 aliphatic heterocycles. The number of benzene rings is 1. The van der Waals surface area contributed by atoms with Crippen molar-refractivity contribution < 1.29 is 13.2 Å². The number of anilines is 1. The van der Waals surface area contributed by atoms with Crippen molar-refractivity contribution in [3.05, 3.63) is 29.3 Å². The summed E-state index contributed by atoms with van der Waals surface area (Å²) in [5.41, 5.74) is 7.88. The Labute approximate surface area is 116 Å². The SMILES string of the molecule is Cc1cc(N2CCC(C(F)(F)F)CC2)ccc1C(=N)N. The number of amidine groups is 1. The van der Waals surface area contributed by atoms with E-state index in [0.29, 0.717) is 18.7 Å². The molecule has 0 aliphatic carbocycles. The summed E-state index contributed by atoms with van der Waals surface area (Å²) >= 11 is 0. The molecule has 0 unspecified atom stereocenters. The first kappa shape index (κ1) is 14.7. The summed E-state index contributed by atoms with van der Waals surface area (Å²) in [7, 11) is 0. The van der Waals surface area contributed by atoms with E-state index in [9.17, 15) is 13.2 Å². The Morgan fingerprint density at radius 2 is 1.90 bits per heavy atom. The Kier molecular flexibility index (Phi) is 3.92. The quantitative estimate of drug-likeness (QED) is 0.648. The van der Waals surface area contributed by atoms with Gasteiger partial charge in [0, 0.05) is 24.3 Å². The van der Waals surface area contributed by atoms with Crippen LogP contribution in [-0.4, -0.2) is 25.1 Å². The lowest BCUT2D eigenvalue weighted by atomic mass is 9.95. The number of aryl methyl sites for hydroxylation is 1. The molecule has 3 nitrogen and oxygen atoms in total. The van der Waals surface area contributed by atoms with Crippen LogP contribution in [0.4, 0.5) is 18.9 Å². The Balaban J connectivity index is 2.08. The second-order valence-electron chi connectivity index (χ2n) is 5.22. The predicted molar refractivity (Wildman–Crippen MR) is 73.2 cm³/mol. The van der Waals surface area contributed by atoms with Gasteiger partial charge >= 0.3 is 6.18 Å². The third kappa shape index (κ3) is 3.05. The summed E-state index contributed by atoms with van der Waals surface area (Å²) in [6.07, 6.45) is -3.81. The summed E-state index contributed by atoms with van der Waals surface area (Å²) in [6, 6.07) is 5.45. The number of hydrogen-bond donors (Lipinski definition) is 2. The van der Waals surface area contributed by atoms with Crippen molar-refractivity contribution in [1.29, 1.82) is 5.41 Å². The van der Waals surface area contributed by atoms with Crippen LogP contribution in [0.2, 0.25) is 0 Å². The van der Waals surface area contributed by atoms with Gasteiger partial charge in [0.05, 0.1) is 5.92 Å². The minimum absolute atomic E-state index is 0.00447. The van der Waals surface area contributed by atoms with Crippen molar-refractivity contribution in [2.45, 2.75) is 25.9 Å². The fourth-order valence-electron chi connectivity index (χ4n) is 2.61. The average Bonchev–Trinajstić information content (AvgIpc) is 2.37. The number of piperidine rings is 1. The molecule has 0 radical (unpaired) electrons. The van der Waals surface area contributed by atoms with Crippen molar-refractivity contribution in [2.75, 3.05) is 18.0 Å². The van der Waals surface area contributed by atoms with Gasteiger partial charge in [-0.05, 0) is 43.5 Å². The van der Waals surface area contributed by atoms with Gasteiger partial charge in [0.25, 0.3) is 0 Å². The monoisotopic (exact) mass is 285 g/mol. The molecule has 0 saturated carbocycles. The van der Waals surface area contributed by atoms with Crippen LogP contribution >= 0.6 is 0 Å². The van der Waals surface area contributed by atoms with E-state index < -0.39 is 12.1 Å². The number of halogens is 3. The minimum atomic E-state index is -4.08. The summed E-state index contributed by atoms with van der Waals surface area (Å²) in [4.78, 5) is 1.96. The summed E-state index contributed by atoms with van der Waals surface area (Å²) < 4.78 is 37.9. The van der Waals surface area contributed by atoms with E-state index in [2.05, 4.69) is 0 Å². The number of hydrogen-bond acceptors (Lipinski definition) is 2. The molecule has 1 aromatic rings. The van der Waals surface area contributed by atoms with E-state index in [1.807, 2.05) is 24.0 Å². The van der Waals surface area contributed by atoms with Crippen molar-refractivity contribution in [3.63, 3.8) is 0 Å². The molecule has 1 saturated heterocycles. The topological polar surface area (TPSA) is 53.1 Å². The van der Waals surface area contributed by atoms with Crippen molar-refractivity contribution >= 4 is 11.5 Å². The van der Waals surface area contributed by atoms with Crippen molar-refractivity contribution in [2.24, 2.45) is 11.7 Å². The molecular weight excluding hydrogens is 267 g/mol. The fraction of sp³-hybridized carbons (Fsp3) is 0.500. The van der Waals surface area contributed by atoms with Gasteiger partial charge < -0.3 is 10.6 Å². The number of nitrogens with two attached hydrogens (primary N) is 1. The van der Waals surface area contributed by atoms with Crippen molar-refractivity contribution in [3.8, 4) is 0 Å². The molecule has 0 bridgehead atoms. The Bertz CT molecular complexity index is 503. The zero-order chi connectivity index (χ0) is 14.9. The maximum absolute atomic E-state index is 12.6. The van der Waals surface area contributed by atoms with Gasteiger partial charge in [-0.1, -0.05) is 0 Å². The van der Waals surface area contributed by atoms with E-state index in [-0.39, 0.29) is 18.7 Å². The van der Waals surface area contributed by atoms with Crippen LogP contribution in [0, 0.1) is 18.3 Å². The highest BCUT2D eigenvalue weighted by atomic mass is 19.4. The standard InChI is InChI=1S/C14H18F3N3/c1-9-8-11(2-3-12(9)13(18)19)20-6-4-10(5-7-20)14(15,16)17/h2-3,8,10H,4-7H2,1H3,(H3,18,19). The minimum Gasteiger partial charge on any atom is -0.384 e. The van der Waals surface area contributed by atoms with Crippen LogP contribution in [0.5, 0.6) is 0 Å². The molecule has 1 aliphatic rings. The zero-order valence-corrected chi connectivity index (χ0v) is 11.3. The molecule has 0 aromatic heterocycles. The molecule has 110 valence electrons. The van der Waals surface area contributed by atoms with Gasteiger partial charge in [0.2, 0.25) is 0 Å². The van der Waals surface area contributed by atoms with Gasteiger partial charge in [-0.3, -0.25) is 5.41 Å². The van der Waals surface area contributed by atoms with Crippen molar-refractivity contribution in [1.82, 2.24) is 0 Å². The van der Waals surface area contributed by atoms with E-state index in [1.54, 1.807) is 6.07 Å². The molecule has 20 heavy (non-hydrogen) atoms. The molecule has 6 heteroatoms. The highest BCUT2D eigenvalue weighted by Crippen LogP contribution is 2.35. The smallest absolute Gasteiger partial charge is 0.384 e. The lowest BCUT2D eigenvalue weighted by molar-refractivity contribution is -0.179. The van der Waals surface area contributed by atoms with Crippen LogP contribution in [0.15, 0.2) is 18.2 Å². The molecule has 0 amide bonds. The number of rotatable bonds is 2. The van der Waals surface area contributed by atoms with E-state index in [0.717, 1.165) is 11.3 Å². The molecule has 2 rings (SSSR count). The molecule has 3 N–H and O–H groups in total. The Morgan fingerprint density at radius 1 is 1.30 bits per heavy atom. The maximum Gasteiger partial charge on any atom is 0.391 e. The molecule has 1 heterocycles. The Morgan fingerprint density at radius 3 is 2.35 bits per heavy atom. The normalized spacial score (nSPS) is 17.3. The lowest BCUT2D eigenvalue weighted by Gasteiger charge is -2.34. The second kappa shape index (κ2) is 5.34. The maximum atomic E-state index is 12.6. The summed E-state index contributed by atoms with van der Waals surface area (Å²) in [5, 5.41) is 7.43. The van der Waals surface area contributed by atoms with E-state index >= 15 is 0 Å². The highest BCUT2D eigenvalue weighted by Gasteiger charge is 2.41. The number of nitrogens with zero attached hydrogens (tertiary/aromatic N) is 1. The molecule has 0 spiro atoms. The van der Waals surface area contributed by atoms with Gasteiger partial charge in [0.15, 0.2) is 0 Å². The third-order valence-corrected chi connectivity index (χ3v) is 3.82. The zero-order valence-electron chi connectivity index (χ0n) is 11.3. The first-order valence-corrected chi connectivity index (χ1v) is 6.55. The Hall–Kier alpha value is -1.72. The van der Waals surface area contributed by atoms with Gasteiger partial charge in [-0.15, -0.1) is 0 Å². The molecule has 1 aromatic carbocycles. The third-order valence-electron chi connectivity index (χ3n) is 3.82. The van der Waals surface area contributed by atoms with Crippen LogP contribution in [-0.2, 0) is 0 Å². The molecule has 1 fully saturated rings. The molecule has 0 atom stereocenters. The first-order chi connectivity index (χ1) is 9.29. The van der Waals surface area contributed by atoms with E-state index in [4.69, 9.17) is 11.1 Å². The predicted octanol–water partition coefficient (Wildman–Crippen LogP) is 3.06. The highest BCUT2D eigenvalue weighted by molar-refractivity contribution is 5.96. The molecular formula is C14H18F3N3. The van der Waals surface area contributed by atoms with Crippen LogP contribution in [0.3, 0.4) is 0 Å². The number of nitrogens with one attached hydrogen (secondary N) is 1. The van der Waals surface area contributed by atoms with Gasteiger partial charge in [0.1, 0.15) is 5.84 Å². The van der Waals surface area contributed by atoms with Crippen LogP contribution < -0.4 is 10.6 Å². The average molecular weight is 285 g/mol. The number of nitrogen functional groups attached to an aromatic ring is 1. The largest absolute Gasteiger partial charge is 0.391 e. The first-order valence-electron chi connectivity index (χ1n) is 6.55. The lowest BCUT2D eigenvalue weighted by Crippen LogP contribution is -2.39. The second-order valence-corrected chi connectivity index (χ2v) is 5.22. The van der Waals surface area contributed by atoms with Gasteiger partial charge in [-0.2, -0.15) is 13.2 Å². The van der Waals surface area contributed by atoms with E-state index in [1.165, 1.54) is 0 Å². The van der Waals surface area contributed by atoms with Crippen LogP contribution in [0.1, 0.15) is 24.0 Å². The van der Waals surface area contributed by atoms with Crippen LogP contribution in [0.25, 0.3) is 0 Å². The fourth-order valence-corrected chi connectivity index (χ4v) is 2.61. The summed E-state index contributed by atoms with van der Waals surface area (Å²) in [6.45, 7) is 2.66. The summed E-state index contributed by atoms with van der Waals surface area (Å²) in [5.74, 6) is -1.18.